The Morgan fingerprint density at radius 2 is 2.09 bits per heavy atom. The molecule has 0 radical (unpaired) electrons. The Morgan fingerprint density at radius 3 is 2.91 bits per heavy atom. The zero-order valence-electron chi connectivity index (χ0n) is 18.6. The number of thiazole rings is 1. The second kappa shape index (κ2) is 11.6. The molecule has 0 aliphatic carbocycles. The summed E-state index contributed by atoms with van der Waals surface area (Å²) in [7, 11) is 0. The van der Waals surface area contributed by atoms with Gasteiger partial charge in [-0.25, -0.2) is 4.98 Å². The smallest absolute Gasteiger partial charge is 0.226 e. The molecule has 33 heavy (non-hydrogen) atoms. The fraction of sp³-hybridized carbons (Fsp3) is 0.360. The lowest BCUT2D eigenvalue weighted by Gasteiger charge is -2.31. The van der Waals surface area contributed by atoms with E-state index in [0.29, 0.717) is 18.2 Å². The highest BCUT2D eigenvalue weighted by Crippen LogP contribution is 2.18. The fourth-order valence-corrected chi connectivity index (χ4v) is 4.56. The molecular weight excluding hydrogens is 458 g/mol. The van der Waals surface area contributed by atoms with Crippen LogP contribution in [0.2, 0.25) is 5.02 Å². The molecule has 0 spiro atoms. The highest BCUT2D eigenvalue weighted by molar-refractivity contribution is 7.09. The summed E-state index contributed by atoms with van der Waals surface area (Å²) >= 11 is 7.38. The van der Waals surface area contributed by atoms with Crippen molar-refractivity contribution in [2.24, 2.45) is 0 Å². The maximum absolute atomic E-state index is 12.4. The van der Waals surface area contributed by atoms with E-state index in [-0.39, 0.29) is 18.4 Å². The standard InChI is InChI=1S/C25H28ClN3O3S/c1-18-14-29(9-10-31-18)15-20-4-2-3-19(11-20)13-27-24(30)12-22-17-33-25(28-22)16-32-23-7-5-21(26)6-8-23/h2-8,11,17-18H,9-10,12-16H2,1H3,(H,27,30). The third kappa shape index (κ3) is 7.54. The molecule has 4 rings (SSSR count). The molecule has 6 nitrogen and oxygen atoms in total. The molecule has 3 aromatic rings. The van der Waals surface area contributed by atoms with Crippen molar-refractivity contribution in [1.82, 2.24) is 15.2 Å². The Balaban J connectivity index is 1.22. The van der Waals surface area contributed by atoms with Gasteiger partial charge >= 0.3 is 0 Å². The minimum Gasteiger partial charge on any atom is -0.486 e. The van der Waals surface area contributed by atoms with Crippen molar-refractivity contribution in [1.29, 1.82) is 0 Å². The van der Waals surface area contributed by atoms with Gasteiger partial charge in [0.2, 0.25) is 5.91 Å². The van der Waals surface area contributed by atoms with E-state index < -0.39 is 0 Å². The molecule has 2 heterocycles. The zero-order chi connectivity index (χ0) is 23.0. The third-order valence-corrected chi connectivity index (χ3v) is 6.45. The van der Waals surface area contributed by atoms with Gasteiger partial charge in [0, 0.05) is 36.6 Å². The first-order valence-electron chi connectivity index (χ1n) is 11.0. The summed E-state index contributed by atoms with van der Waals surface area (Å²) in [6, 6.07) is 15.6. The van der Waals surface area contributed by atoms with Crippen molar-refractivity contribution in [3.63, 3.8) is 0 Å². The minimum atomic E-state index is -0.0436. The van der Waals surface area contributed by atoms with Crippen LogP contribution in [0.25, 0.3) is 0 Å². The number of ether oxygens (including phenoxy) is 2. The summed E-state index contributed by atoms with van der Waals surface area (Å²) in [4.78, 5) is 19.4. The van der Waals surface area contributed by atoms with Crippen molar-refractivity contribution in [2.75, 3.05) is 19.7 Å². The van der Waals surface area contributed by atoms with Gasteiger partial charge < -0.3 is 14.8 Å². The van der Waals surface area contributed by atoms with Crippen LogP contribution in [0.3, 0.4) is 0 Å². The number of carbonyl (C=O) groups is 1. The Bertz CT molecular complexity index is 1060. The molecule has 1 aliphatic heterocycles. The maximum Gasteiger partial charge on any atom is 0.226 e. The zero-order valence-corrected chi connectivity index (χ0v) is 20.2. The highest BCUT2D eigenvalue weighted by atomic mass is 35.5. The lowest BCUT2D eigenvalue weighted by molar-refractivity contribution is -0.120. The van der Waals surface area contributed by atoms with Gasteiger partial charge in [-0.3, -0.25) is 9.69 Å². The average molecular weight is 486 g/mol. The van der Waals surface area contributed by atoms with E-state index in [2.05, 4.69) is 34.3 Å². The topological polar surface area (TPSA) is 63.7 Å². The number of hydrogen-bond acceptors (Lipinski definition) is 6. The van der Waals surface area contributed by atoms with Gasteiger partial charge in [0.05, 0.1) is 24.8 Å². The number of hydrogen-bond donors (Lipinski definition) is 1. The van der Waals surface area contributed by atoms with E-state index in [9.17, 15) is 4.79 Å². The van der Waals surface area contributed by atoms with Crippen molar-refractivity contribution in [3.8, 4) is 5.75 Å². The number of carbonyl (C=O) groups excluding carboxylic acids is 1. The lowest BCUT2D eigenvalue weighted by atomic mass is 10.1. The van der Waals surface area contributed by atoms with Crippen molar-refractivity contribution >= 4 is 28.8 Å². The Kier molecular flexibility index (Phi) is 8.34. The summed E-state index contributed by atoms with van der Waals surface area (Å²) in [6.07, 6.45) is 0.527. The van der Waals surface area contributed by atoms with Crippen LogP contribution in [-0.4, -0.2) is 41.6 Å². The molecular formula is C25H28ClN3O3S. The van der Waals surface area contributed by atoms with Crippen molar-refractivity contribution < 1.29 is 14.3 Å². The normalized spacial score (nSPS) is 16.5. The molecule has 2 aromatic carbocycles. The lowest BCUT2D eigenvalue weighted by Crippen LogP contribution is -2.40. The predicted molar refractivity (Wildman–Crippen MR) is 131 cm³/mol. The number of nitrogens with zero attached hydrogens (tertiary/aromatic N) is 2. The molecule has 174 valence electrons. The fourth-order valence-electron chi connectivity index (χ4n) is 3.73. The van der Waals surface area contributed by atoms with E-state index in [1.165, 1.54) is 16.9 Å². The van der Waals surface area contributed by atoms with Gasteiger partial charge in [0.15, 0.2) is 0 Å². The summed E-state index contributed by atoms with van der Waals surface area (Å²) in [6.45, 7) is 6.55. The summed E-state index contributed by atoms with van der Waals surface area (Å²) in [5.41, 5.74) is 3.10. The number of halogens is 1. The van der Waals surface area contributed by atoms with Gasteiger partial charge in [-0.1, -0.05) is 35.9 Å². The molecule has 1 N–H and O–H groups in total. The molecule has 1 aliphatic rings. The van der Waals surface area contributed by atoms with Crippen molar-refractivity contribution in [3.05, 3.63) is 80.8 Å². The number of nitrogens with one attached hydrogen (secondary N) is 1. The first kappa shape index (κ1) is 23.7. The van der Waals surface area contributed by atoms with E-state index >= 15 is 0 Å². The van der Waals surface area contributed by atoms with Crippen LogP contribution in [0.1, 0.15) is 28.8 Å². The maximum atomic E-state index is 12.4. The summed E-state index contributed by atoms with van der Waals surface area (Å²) in [5.74, 6) is 0.692. The van der Waals surface area contributed by atoms with Crippen LogP contribution in [0, 0.1) is 0 Å². The summed E-state index contributed by atoms with van der Waals surface area (Å²) < 4.78 is 11.3. The Morgan fingerprint density at radius 1 is 1.27 bits per heavy atom. The molecule has 0 saturated carbocycles. The average Bonchev–Trinajstić information content (AvgIpc) is 3.25. The SMILES string of the molecule is CC1CN(Cc2cccc(CNC(=O)Cc3csc(COc4ccc(Cl)cc4)n3)c2)CCO1. The molecule has 1 saturated heterocycles. The van der Waals surface area contributed by atoms with Crippen LogP contribution in [0.15, 0.2) is 53.9 Å². The number of amides is 1. The van der Waals surface area contributed by atoms with Gasteiger partial charge in [-0.2, -0.15) is 0 Å². The number of benzene rings is 2. The molecule has 1 aromatic heterocycles. The van der Waals surface area contributed by atoms with Gasteiger partial charge in [0.1, 0.15) is 17.4 Å². The van der Waals surface area contributed by atoms with E-state index in [4.69, 9.17) is 21.1 Å². The number of aromatic nitrogens is 1. The quantitative estimate of drug-likeness (QED) is 0.485. The Labute approximate surface area is 203 Å². The van der Waals surface area contributed by atoms with Crippen LogP contribution in [0.5, 0.6) is 5.75 Å². The minimum absolute atomic E-state index is 0.0436. The monoisotopic (exact) mass is 485 g/mol. The third-order valence-electron chi connectivity index (χ3n) is 5.33. The predicted octanol–water partition coefficient (Wildman–Crippen LogP) is 4.46. The van der Waals surface area contributed by atoms with E-state index in [0.717, 1.165) is 48.3 Å². The Hall–Kier alpha value is -2.45. The molecule has 1 amide bonds. The highest BCUT2D eigenvalue weighted by Gasteiger charge is 2.16. The first-order valence-corrected chi connectivity index (χ1v) is 12.3. The van der Waals surface area contributed by atoms with Gasteiger partial charge in [0.25, 0.3) is 0 Å². The molecule has 1 fully saturated rings. The first-order chi connectivity index (χ1) is 16.0. The van der Waals surface area contributed by atoms with Crippen LogP contribution < -0.4 is 10.1 Å². The largest absolute Gasteiger partial charge is 0.486 e. The van der Waals surface area contributed by atoms with E-state index in [1.807, 2.05) is 29.6 Å². The molecule has 0 bridgehead atoms. The number of rotatable bonds is 9. The molecule has 8 heteroatoms. The van der Waals surface area contributed by atoms with E-state index in [1.54, 1.807) is 12.1 Å². The van der Waals surface area contributed by atoms with Gasteiger partial charge in [-0.05, 0) is 42.3 Å². The van der Waals surface area contributed by atoms with Gasteiger partial charge in [-0.15, -0.1) is 11.3 Å². The molecule has 1 unspecified atom stereocenters. The van der Waals surface area contributed by atoms with Crippen LogP contribution in [0.4, 0.5) is 0 Å². The van der Waals surface area contributed by atoms with Crippen LogP contribution >= 0.6 is 22.9 Å². The van der Waals surface area contributed by atoms with Crippen molar-refractivity contribution in [2.45, 2.75) is 39.1 Å². The second-order valence-corrected chi connectivity index (χ2v) is 9.54. The summed E-state index contributed by atoms with van der Waals surface area (Å²) in [5, 5.41) is 6.41. The van der Waals surface area contributed by atoms with Crippen LogP contribution in [-0.2, 0) is 35.6 Å². The number of morpholine rings is 1. The second-order valence-electron chi connectivity index (χ2n) is 8.17. The molecule has 1 atom stereocenters.